The summed E-state index contributed by atoms with van der Waals surface area (Å²) in [6, 6.07) is 17.7. The van der Waals surface area contributed by atoms with Crippen LogP contribution >= 0.6 is 22.7 Å². The van der Waals surface area contributed by atoms with Crippen LogP contribution in [0.2, 0.25) is 0 Å². The number of aromatic nitrogens is 1. The molecule has 2 aromatic carbocycles. The highest BCUT2D eigenvalue weighted by Gasteiger charge is 2.15. The van der Waals surface area contributed by atoms with Crippen molar-refractivity contribution in [3.05, 3.63) is 93.7 Å². The van der Waals surface area contributed by atoms with Gasteiger partial charge in [-0.25, -0.2) is 9.37 Å². The molecule has 4 aromatic rings. The molecule has 0 spiro atoms. The van der Waals surface area contributed by atoms with E-state index in [0.717, 1.165) is 22.4 Å². The van der Waals surface area contributed by atoms with E-state index >= 15 is 0 Å². The number of hydrogen-bond donors (Lipinski definition) is 1. The zero-order valence-electron chi connectivity index (χ0n) is 14.6. The van der Waals surface area contributed by atoms with E-state index in [2.05, 4.69) is 10.3 Å². The molecule has 2 heterocycles. The maximum Gasteiger partial charge on any atom is 0.258 e. The number of anilines is 1. The Morgan fingerprint density at radius 3 is 2.50 bits per heavy atom. The molecule has 1 amide bonds. The summed E-state index contributed by atoms with van der Waals surface area (Å²) in [4.78, 5) is 17.5. The molecular formula is C22H15FN2OS2. The van der Waals surface area contributed by atoms with Gasteiger partial charge in [0.25, 0.3) is 5.91 Å². The van der Waals surface area contributed by atoms with Crippen molar-refractivity contribution in [3.8, 4) is 11.3 Å². The Balaban J connectivity index is 1.60. The fourth-order valence-electron chi connectivity index (χ4n) is 2.66. The van der Waals surface area contributed by atoms with Gasteiger partial charge in [0.05, 0.1) is 5.69 Å². The van der Waals surface area contributed by atoms with Crippen LogP contribution in [0.25, 0.3) is 22.9 Å². The molecule has 0 atom stereocenters. The quantitative estimate of drug-likeness (QED) is 0.402. The van der Waals surface area contributed by atoms with Gasteiger partial charge in [-0.1, -0.05) is 42.5 Å². The Hall–Kier alpha value is -3.09. The molecule has 0 fully saturated rings. The summed E-state index contributed by atoms with van der Waals surface area (Å²) < 4.78 is 13.2. The molecular weight excluding hydrogens is 391 g/mol. The van der Waals surface area contributed by atoms with Gasteiger partial charge in [-0.3, -0.25) is 10.1 Å². The van der Waals surface area contributed by atoms with E-state index in [0.29, 0.717) is 10.7 Å². The number of carbonyl (C=O) groups is 1. The lowest BCUT2D eigenvalue weighted by molar-refractivity contribution is -0.111. The van der Waals surface area contributed by atoms with Gasteiger partial charge in [-0.2, -0.15) is 11.3 Å². The van der Waals surface area contributed by atoms with Crippen LogP contribution in [0.1, 0.15) is 11.1 Å². The second kappa shape index (κ2) is 8.29. The van der Waals surface area contributed by atoms with E-state index in [1.165, 1.54) is 34.8 Å². The lowest BCUT2D eigenvalue weighted by Crippen LogP contribution is -2.13. The van der Waals surface area contributed by atoms with Crippen molar-refractivity contribution >= 4 is 45.4 Å². The fourth-order valence-corrected chi connectivity index (χ4v) is 4.03. The highest BCUT2D eigenvalue weighted by atomic mass is 32.1. The first-order valence-electron chi connectivity index (χ1n) is 8.51. The van der Waals surface area contributed by atoms with E-state index in [1.807, 2.05) is 52.5 Å². The van der Waals surface area contributed by atoms with Crippen LogP contribution in [-0.4, -0.2) is 10.9 Å². The van der Waals surface area contributed by atoms with Crippen LogP contribution in [0.3, 0.4) is 0 Å². The van der Waals surface area contributed by atoms with Crippen molar-refractivity contribution < 1.29 is 9.18 Å². The van der Waals surface area contributed by atoms with Gasteiger partial charge in [0.15, 0.2) is 5.13 Å². The standard InChI is InChI=1S/C22H15FN2OS2/c23-18-8-6-15(7-9-18)12-19(17-10-11-27-13-17)21(26)25-22-24-20(14-28-22)16-4-2-1-3-5-16/h1-14H,(H,24,25,26). The molecule has 0 radical (unpaired) electrons. The molecule has 0 saturated carbocycles. The zero-order chi connectivity index (χ0) is 19.3. The van der Waals surface area contributed by atoms with E-state index in [4.69, 9.17) is 0 Å². The average molecular weight is 407 g/mol. The highest BCUT2D eigenvalue weighted by molar-refractivity contribution is 7.14. The van der Waals surface area contributed by atoms with Crippen molar-refractivity contribution in [3.63, 3.8) is 0 Å². The van der Waals surface area contributed by atoms with Crippen molar-refractivity contribution in [2.75, 3.05) is 5.32 Å². The van der Waals surface area contributed by atoms with Crippen LogP contribution in [-0.2, 0) is 4.79 Å². The van der Waals surface area contributed by atoms with E-state index in [1.54, 1.807) is 18.2 Å². The first kappa shape index (κ1) is 18.3. The number of nitrogens with zero attached hydrogens (tertiary/aromatic N) is 1. The van der Waals surface area contributed by atoms with Crippen LogP contribution in [0.5, 0.6) is 0 Å². The number of thiazole rings is 1. The molecule has 0 aliphatic carbocycles. The maximum absolute atomic E-state index is 13.2. The Morgan fingerprint density at radius 1 is 1.00 bits per heavy atom. The van der Waals surface area contributed by atoms with Crippen LogP contribution in [0.15, 0.2) is 76.8 Å². The summed E-state index contributed by atoms with van der Waals surface area (Å²) in [6.07, 6.45) is 1.75. The Kier molecular flexibility index (Phi) is 5.41. The molecule has 2 aromatic heterocycles. The third-order valence-electron chi connectivity index (χ3n) is 4.05. The van der Waals surface area contributed by atoms with Crippen LogP contribution < -0.4 is 5.32 Å². The monoisotopic (exact) mass is 406 g/mol. The molecule has 0 bridgehead atoms. The van der Waals surface area contributed by atoms with Gasteiger partial charge in [0.2, 0.25) is 0 Å². The average Bonchev–Trinajstić information content (AvgIpc) is 3.40. The fraction of sp³-hybridized carbons (Fsp3) is 0. The van der Waals surface area contributed by atoms with Gasteiger partial charge in [-0.15, -0.1) is 11.3 Å². The number of thiophene rings is 1. The SMILES string of the molecule is O=C(Nc1nc(-c2ccccc2)cs1)C(=Cc1ccc(F)cc1)c1ccsc1. The van der Waals surface area contributed by atoms with Gasteiger partial charge < -0.3 is 0 Å². The molecule has 0 unspecified atom stereocenters. The minimum atomic E-state index is -0.310. The van der Waals surface area contributed by atoms with E-state index < -0.39 is 0 Å². The summed E-state index contributed by atoms with van der Waals surface area (Å²) >= 11 is 2.89. The van der Waals surface area contributed by atoms with Crippen molar-refractivity contribution in [1.29, 1.82) is 0 Å². The minimum Gasteiger partial charge on any atom is -0.298 e. The molecule has 0 saturated heterocycles. The molecule has 28 heavy (non-hydrogen) atoms. The second-order valence-electron chi connectivity index (χ2n) is 5.98. The smallest absolute Gasteiger partial charge is 0.258 e. The number of carbonyl (C=O) groups excluding carboxylic acids is 1. The molecule has 3 nitrogen and oxygen atoms in total. The summed E-state index contributed by atoms with van der Waals surface area (Å²) in [5.41, 5.74) is 3.89. The van der Waals surface area contributed by atoms with Gasteiger partial charge in [-0.05, 0) is 46.2 Å². The number of nitrogens with one attached hydrogen (secondary N) is 1. The normalized spacial score (nSPS) is 11.4. The van der Waals surface area contributed by atoms with E-state index in [-0.39, 0.29) is 11.7 Å². The summed E-state index contributed by atoms with van der Waals surface area (Å²) in [5, 5.41) is 9.15. The Labute approximate surface area is 169 Å². The topological polar surface area (TPSA) is 42.0 Å². The first-order chi connectivity index (χ1) is 13.7. The number of amides is 1. The van der Waals surface area contributed by atoms with Crippen LogP contribution in [0.4, 0.5) is 9.52 Å². The Morgan fingerprint density at radius 2 is 1.79 bits per heavy atom. The molecule has 1 N–H and O–H groups in total. The number of benzene rings is 2. The lowest BCUT2D eigenvalue weighted by atomic mass is 10.0. The number of hydrogen-bond acceptors (Lipinski definition) is 4. The summed E-state index contributed by atoms with van der Waals surface area (Å²) in [5.74, 6) is -0.563. The number of halogens is 1. The Bertz CT molecular complexity index is 1100. The largest absolute Gasteiger partial charge is 0.298 e. The van der Waals surface area contributed by atoms with Gasteiger partial charge in [0, 0.05) is 16.5 Å². The second-order valence-corrected chi connectivity index (χ2v) is 7.62. The van der Waals surface area contributed by atoms with Gasteiger partial charge in [0.1, 0.15) is 5.82 Å². The third-order valence-corrected chi connectivity index (χ3v) is 5.49. The molecule has 138 valence electrons. The predicted molar refractivity (Wildman–Crippen MR) is 115 cm³/mol. The van der Waals surface area contributed by atoms with Crippen molar-refractivity contribution in [2.24, 2.45) is 0 Å². The zero-order valence-corrected chi connectivity index (χ0v) is 16.3. The molecule has 6 heteroatoms. The highest BCUT2D eigenvalue weighted by Crippen LogP contribution is 2.27. The molecule has 0 aliphatic rings. The van der Waals surface area contributed by atoms with Crippen LogP contribution in [0, 0.1) is 5.82 Å². The predicted octanol–water partition coefficient (Wildman–Crippen LogP) is 6.19. The first-order valence-corrected chi connectivity index (χ1v) is 10.3. The van der Waals surface area contributed by atoms with Crippen molar-refractivity contribution in [2.45, 2.75) is 0 Å². The van der Waals surface area contributed by atoms with Gasteiger partial charge >= 0.3 is 0 Å². The lowest BCUT2D eigenvalue weighted by Gasteiger charge is -2.06. The number of rotatable bonds is 5. The molecule has 0 aliphatic heterocycles. The maximum atomic E-state index is 13.2. The summed E-state index contributed by atoms with van der Waals surface area (Å²) in [7, 11) is 0. The minimum absolute atomic E-state index is 0.253. The molecule has 4 rings (SSSR count). The third kappa shape index (κ3) is 4.24. The van der Waals surface area contributed by atoms with E-state index in [9.17, 15) is 9.18 Å². The summed E-state index contributed by atoms with van der Waals surface area (Å²) in [6.45, 7) is 0. The van der Waals surface area contributed by atoms with Crippen molar-refractivity contribution in [1.82, 2.24) is 4.98 Å².